The molecule has 2 saturated carbocycles. The van der Waals surface area contributed by atoms with Gasteiger partial charge < -0.3 is 5.32 Å². The highest BCUT2D eigenvalue weighted by Gasteiger charge is 2.43. The molecule has 2 aromatic carbocycles. The third kappa shape index (κ3) is 4.25. The van der Waals surface area contributed by atoms with Crippen molar-refractivity contribution in [3.05, 3.63) is 65.7 Å². The molecule has 0 bridgehead atoms. The van der Waals surface area contributed by atoms with Crippen molar-refractivity contribution in [1.29, 1.82) is 0 Å². The number of rotatable bonds is 6. The summed E-state index contributed by atoms with van der Waals surface area (Å²) in [5.41, 5.74) is 6.34. The van der Waals surface area contributed by atoms with E-state index in [2.05, 4.69) is 28.0 Å². The first-order chi connectivity index (χ1) is 13.1. The summed E-state index contributed by atoms with van der Waals surface area (Å²) in [7, 11) is 0. The summed E-state index contributed by atoms with van der Waals surface area (Å²) in [6.07, 6.45) is 2.85. The summed E-state index contributed by atoms with van der Waals surface area (Å²) in [4.78, 5) is 24.1. The number of hydrogen-bond donors (Lipinski definition) is 2. The van der Waals surface area contributed by atoms with E-state index in [1.807, 2.05) is 49.4 Å². The Labute approximate surface area is 158 Å². The molecule has 0 spiro atoms. The van der Waals surface area contributed by atoms with Crippen molar-refractivity contribution in [2.75, 3.05) is 5.32 Å². The highest BCUT2D eigenvalue weighted by molar-refractivity contribution is 6.00. The zero-order valence-corrected chi connectivity index (χ0v) is 15.3. The Morgan fingerprint density at radius 1 is 0.963 bits per heavy atom. The number of amides is 2. The number of hydrogen-bond acceptors (Lipinski definition) is 3. The summed E-state index contributed by atoms with van der Waals surface area (Å²) < 4.78 is 0. The first-order valence-electron chi connectivity index (χ1n) is 9.42. The van der Waals surface area contributed by atoms with E-state index in [4.69, 9.17) is 0 Å². The van der Waals surface area contributed by atoms with Crippen LogP contribution in [0, 0.1) is 11.8 Å². The van der Waals surface area contributed by atoms with Crippen LogP contribution in [0.1, 0.15) is 43.2 Å². The van der Waals surface area contributed by atoms with Gasteiger partial charge in [-0.1, -0.05) is 42.5 Å². The van der Waals surface area contributed by atoms with Gasteiger partial charge in [0.05, 0.1) is 5.71 Å². The first-order valence-corrected chi connectivity index (χ1v) is 9.42. The van der Waals surface area contributed by atoms with Gasteiger partial charge in [-0.05, 0) is 55.4 Å². The predicted molar refractivity (Wildman–Crippen MR) is 105 cm³/mol. The molecule has 2 unspecified atom stereocenters. The Hall–Kier alpha value is -2.95. The topological polar surface area (TPSA) is 70.6 Å². The van der Waals surface area contributed by atoms with Gasteiger partial charge in [-0.2, -0.15) is 5.10 Å². The van der Waals surface area contributed by atoms with Crippen molar-refractivity contribution in [3.8, 4) is 0 Å². The van der Waals surface area contributed by atoms with Crippen LogP contribution < -0.4 is 10.7 Å². The Kier molecular flexibility index (Phi) is 4.75. The second-order valence-corrected chi connectivity index (χ2v) is 7.37. The van der Waals surface area contributed by atoms with Crippen molar-refractivity contribution < 1.29 is 9.59 Å². The maximum Gasteiger partial charge on any atom is 0.243 e. The fourth-order valence-corrected chi connectivity index (χ4v) is 3.22. The van der Waals surface area contributed by atoms with Gasteiger partial charge in [0.15, 0.2) is 0 Å². The quantitative estimate of drug-likeness (QED) is 0.609. The lowest BCUT2D eigenvalue weighted by Gasteiger charge is -2.06. The molecule has 2 N–H and O–H groups in total. The molecule has 5 nitrogen and oxygen atoms in total. The third-order valence-electron chi connectivity index (χ3n) is 5.21. The van der Waals surface area contributed by atoms with E-state index in [1.165, 1.54) is 5.56 Å². The van der Waals surface area contributed by atoms with Crippen LogP contribution in [0.4, 0.5) is 5.69 Å². The molecule has 0 aromatic heterocycles. The highest BCUT2D eigenvalue weighted by atomic mass is 16.2. The standard InChI is InChI=1S/C22H23N3O2/c1-14(15-9-11-18(12-10-15)23-21(26)17-7-8-17)24-25-22(27)20-13-19(20)16-5-3-2-4-6-16/h2-6,9-12,17,19-20H,7-8,13H2,1H3,(H,23,26)(H,25,27). The lowest BCUT2D eigenvalue weighted by Crippen LogP contribution is -2.21. The average Bonchev–Trinajstić information content (AvgIpc) is 3.59. The smallest absolute Gasteiger partial charge is 0.243 e. The molecule has 5 heteroatoms. The minimum Gasteiger partial charge on any atom is -0.326 e. The van der Waals surface area contributed by atoms with Crippen LogP contribution in [0.3, 0.4) is 0 Å². The lowest BCUT2D eigenvalue weighted by molar-refractivity contribution is -0.122. The predicted octanol–water partition coefficient (Wildman–Crippen LogP) is 3.68. The van der Waals surface area contributed by atoms with Gasteiger partial charge in [0.2, 0.25) is 11.8 Å². The van der Waals surface area contributed by atoms with Gasteiger partial charge in [0, 0.05) is 17.5 Å². The Morgan fingerprint density at radius 2 is 1.67 bits per heavy atom. The second kappa shape index (κ2) is 7.35. The molecule has 2 aromatic rings. The largest absolute Gasteiger partial charge is 0.326 e. The van der Waals surface area contributed by atoms with E-state index < -0.39 is 0 Å². The van der Waals surface area contributed by atoms with Gasteiger partial charge in [-0.15, -0.1) is 0 Å². The van der Waals surface area contributed by atoms with E-state index in [0.29, 0.717) is 5.92 Å². The number of nitrogens with zero attached hydrogens (tertiary/aromatic N) is 1. The van der Waals surface area contributed by atoms with Crippen LogP contribution in [0.25, 0.3) is 0 Å². The number of nitrogens with one attached hydrogen (secondary N) is 2. The van der Waals surface area contributed by atoms with Crippen LogP contribution >= 0.6 is 0 Å². The maximum atomic E-state index is 12.3. The van der Waals surface area contributed by atoms with Gasteiger partial charge in [0.25, 0.3) is 0 Å². The molecule has 0 heterocycles. The van der Waals surface area contributed by atoms with Crippen molar-refractivity contribution in [3.63, 3.8) is 0 Å². The Balaban J connectivity index is 1.31. The van der Waals surface area contributed by atoms with E-state index in [1.54, 1.807) is 0 Å². The minimum atomic E-state index is -0.0310. The summed E-state index contributed by atoms with van der Waals surface area (Å²) in [6.45, 7) is 1.86. The summed E-state index contributed by atoms with van der Waals surface area (Å²) in [5, 5.41) is 7.16. The van der Waals surface area contributed by atoms with Crippen molar-refractivity contribution in [2.24, 2.45) is 16.9 Å². The Bertz CT molecular complexity index is 870. The lowest BCUT2D eigenvalue weighted by atomic mass is 10.1. The number of carbonyl (C=O) groups excluding carboxylic acids is 2. The number of carbonyl (C=O) groups is 2. The van der Waals surface area contributed by atoms with Gasteiger partial charge >= 0.3 is 0 Å². The average molecular weight is 361 g/mol. The third-order valence-corrected chi connectivity index (χ3v) is 5.21. The zero-order chi connectivity index (χ0) is 18.8. The molecule has 27 heavy (non-hydrogen) atoms. The van der Waals surface area contributed by atoms with Crippen LogP contribution in [0.5, 0.6) is 0 Å². The fraction of sp³-hybridized carbons (Fsp3) is 0.318. The molecule has 2 aliphatic rings. The molecule has 0 saturated heterocycles. The highest BCUT2D eigenvalue weighted by Crippen LogP contribution is 2.47. The Morgan fingerprint density at radius 3 is 2.33 bits per heavy atom. The molecular weight excluding hydrogens is 338 g/mol. The number of anilines is 1. The van der Waals surface area contributed by atoms with Crippen LogP contribution in [-0.2, 0) is 9.59 Å². The molecule has 138 valence electrons. The molecule has 0 aliphatic heterocycles. The van der Waals surface area contributed by atoms with Crippen molar-refractivity contribution >= 4 is 23.2 Å². The van der Waals surface area contributed by atoms with E-state index >= 15 is 0 Å². The molecule has 2 fully saturated rings. The summed E-state index contributed by atoms with van der Waals surface area (Å²) in [5.74, 6) is 0.555. The summed E-state index contributed by atoms with van der Waals surface area (Å²) in [6, 6.07) is 17.6. The van der Waals surface area contributed by atoms with E-state index in [0.717, 1.165) is 36.2 Å². The van der Waals surface area contributed by atoms with Crippen LogP contribution in [-0.4, -0.2) is 17.5 Å². The van der Waals surface area contributed by atoms with Crippen LogP contribution in [0.2, 0.25) is 0 Å². The van der Waals surface area contributed by atoms with E-state index in [-0.39, 0.29) is 23.7 Å². The zero-order valence-electron chi connectivity index (χ0n) is 15.3. The minimum absolute atomic E-state index is 0.00367. The van der Waals surface area contributed by atoms with Gasteiger partial charge in [-0.3, -0.25) is 9.59 Å². The van der Waals surface area contributed by atoms with E-state index in [9.17, 15) is 9.59 Å². The monoisotopic (exact) mass is 361 g/mol. The fourth-order valence-electron chi connectivity index (χ4n) is 3.22. The molecule has 2 aliphatic carbocycles. The summed E-state index contributed by atoms with van der Waals surface area (Å²) >= 11 is 0. The first kappa shape index (κ1) is 17.5. The molecule has 2 amide bonds. The normalized spacial score (nSPS) is 21.4. The van der Waals surface area contributed by atoms with Crippen LogP contribution in [0.15, 0.2) is 59.7 Å². The van der Waals surface area contributed by atoms with Gasteiger partial charge in [-0.25, -0.2) is 5.43 Å². The maximum absolute atomic E-state index is 12.3. The van der Waals surface area contributed by atoms with Gasteiger partial charge in [0.1, 0.15) is 0 Å². The number of benzene rings is 2. The molecular formula is C22H23N3O2. The van der Waals surface area contributed by atoms with Crippen molar-refractivity contribution in [2.45, 2.75) is 32.1 Å². The van der Waals surface area contributed by atoms with Crippen molar-refractivity contribution in [1.82, 2.24) is 5.43 Å². The SMILES string of the molecule is CC(=NNC(=O)C1CC1c1ccccc1)c1ccc(NC(=O)C2CC2)cc1. The second-order valence-electron chi connectivity index (χ2n) is 7.37. The number of hydrazone groups is 1. The molecule has 4 rings (SSSR count). The molecule has 2 atom stereocenters. The molecule has 0 radical (unpaired) electrons.